The number of hydrogen-bond donors (Lipinski definition) is 0. The molecule has 1 saturated carbocycles. The molecule has 7 heteroatoms. The summed E-state index contributed by atoms with van der Waals surface area (Å²) in [5, 5.41) is -0.147. The quantitative estimate of drug-likeness (QED) is 0.807. The highest BCUT2D eigenvalue weighted by molar-refractivity contribution is 7.90. The second-order valence-corrected chi connectivity index (χ2v) is 9.39. The van der Waals surface area contributed by atoms with Crippen LogP contribution in [0.4, 0.5) is 0 Å². The summed E-state index contributed by atoms with van der Waals surface area (Å²) < 4.78 is 38.7. The summed E-state index contributed by atoms with van der Waals surface area (Å²) in [4.78, 5) is 4.09. The zero-order chi connectivity index (χ0) is 16.6. The average molecular weight is 352 g/mol. The lowest BCUT2D eigenvalue weighted by atomic mass is 9.90. The maximum absolute atomic E-state index is 12.5. The standard InChI is InChI=1S/C17H24N2O4S/c20-24(21,16-4-5-16)19-8-2-6-17(13-19)9-15(12-23-17)22-11-14-3-1-7-18-10-14/h1,3,7,10,15-16H,2,4-6,8-9,11-13H2/t15-,17-/m0/s1. The SMILES string of the molecule is O=S(=O)(C1CC1)N1CCC[C@]2(C[C@H](OCc3cccnc3)CO2)C1. The molecule has 0 bridgehead atoms. The zero-order valence-electron chi connectivity index (χ0n) is 13.8. The summed E-state index contributed by atoms with van der Waals surface area (Å²) >= 11 is 0. The van der Waals surface area contributed by atoms with Gasteiger partial charge in [0.25, 0.3) is 0 Å². The first-order valence-corrected chi connectivity index (χ1v) is 10.2. The van der Waals surface area contributed by atoms with E-state index in [1.54, 1.807) is 16.7 Å². The highest BCUT2D eigenvalue weighted by atomic mass is 32.2. The van der Waals surface area contributed by atoms with E-state index in [1.807, 2.05) is 12.1 Å². The third-order valence-electron chi connectivity index (χ3n) is 5.19. The monoisotopic (exact) mass is 352 g/mol. The second-order valence-electron chi connectivity index (χ2n) is 7.17. The Morgan fingerprint density at radius 2 is 2.29 bits per heavy atom. The molecule has 3 fully saturated rings. The van der Waals surface area contributed by atoms with E-state index >= 15 is 0 Å². The fourth-order valence-electron chi connectivity index (χ4n) is 3.74. The van der Waals surface area contributed by atoms with Crippen LogP contribution in [0.5, 0.6) is 0 Å². The number of ether oxygens (including phenoxy) is 2. The summed E-state index contributed by atoms with van der Waals surface area (Å²) in [5.41, 5.74) is 0.680. The molecule has 0 aromatic carbocycles. The molecular weight excluding hydrogens is 328 g/mol. The highest BCUT2D eigenvalue weighted by Gasteiger charge is 2.49. The Morgan fingerprint density at radius 1 is 1.42 bits per heavy atom. The van der Waals surface area contributed by atoms with Crippen molar-refractivity contribution < 1.29 is 17.9 Å². The topological polar surface area (TPSA) is 68.7 Å². The van der Waals surface area contributed by atoms with Crippen molar-refractivity contribution in [3.8, 4) is 0 Å². The molecule has 1 aliphatic carbocycles. The van der Waals surface area contributed by atoms with Gasteiger partial charge in [-0.3, -0.25) is 4.98 Å². The largest absolute Gasteiger partial charge is 0.371 e. The van der Waals surface area contributed by atoms with Crippen LogP contribution in [0.3, 0.4) is 0 Å². The van der Waals surface area contributed by atoms with Crippen molar-refractivity contribution >= 4 is 10.0 Å². The molecule has 2 atom stereocenters. The molecule has 0 radical (unpaired) electrons. The van der Waals surface area contributed by atoms with Crippen molar-refractivity contribution in [2.45, 2.75) is 55.7 Å². The first-order chi connectivity index (χ1) is 11.6. The van der Waals surface area contributed by atoms with E-state index in [0.717, 1.165) is 37.7 Å². The van der Waals surface area contributed by atoms with Gasteiger partial charge in [0.15, 0.2) is 0 Å². The van der Waals surface area contributed by atoms with Gasteiger partial charge in [0, 0.05) is 31.9 Å². The van der Waals surface area contributed by atoms with E-state index in [9.17, 15) is 8.42 Å². The van der Waals surface area contributed by atoms with Gasteiger partial charge in [0.05, 0.1) is 30.2 Å². The van der Waals surface area contributed by atoms with E-state index in [0.29, 0.717) is 26.3 Å². The van der Waals surface area contributed by atoms with Crippen molar-refractivity contribution in [1.82, 2.24) is 9.29 Å². The van der Waals surface area contributed by atoms with Crippen molar-refractivity contribution in [2.24, 2.45) is 0 Å². The zero-order valence-corrected chi connectivity index (χ0v) is 14.6. The van der Waals surface area contributed by atoms with Crippen molar-refractivity contribution in [3.05, 3.63) is 30.1 Å². The lowest BCUT2D eigenvalue weighted by molar-refractivity contribution is -0.0360. The molecule has 1 spiro atoms. The Balaban J connectivity index is 1.36. The van der Waals surface area contributed by atoms with Gasteiger partial charge in [-0.05, 0) is 37.3 Å². The second kappa shape index (κ2) is 6.37. The first-order valence-electron chi connectivity index (χ1n) is 8.71. The molecule has 2 aliphatic heterocycles. The molecule has 6 nitrogen and oxygen atoms in total. The number of aromatic nitrogens is 1. The van der Waals surface area contributed by atoms with Crippen LogP contribution in [-0.4, -0.2) is 54.4 Å². The third-order valence-corrected chi connectivity index (χ3v) is 7.54. The van der Waals surface area contributed by atoms with Crippen LogP contribution < -0.4 is 0 Å². The van der Waals surface area contributed by atoms with E-state index in [4.69, 9.17) is 9.47 Å². The first kappa shape index (κ1) is 16.4. The predicted molar refractivity (Wildman–Crippen MR) is 88.9 cm³/mol. The third kappa shape index (κ3) is 3.35. The molecule has 1 aromatic rings. The summed E-state index contributed by atoms with van der Waals surface area (Å²) in [5.74, 6) is 0. The number of hydrogen-bond acceptors (Lipinski definition) is 5. The van der Waals surface area contributed by atoms with Gasteiger partial charge < -0.3 is 9.47 Å². The van der Waals surface area contributed by atoms with E-state index in [1.165, 1.54) is 0 Å². The van der Waals surface area contributed by atoms with Gasteiger partial charge >= 0.3 is 0 Å². The molecule has 2 saturated heterocycles. The van der Waals surface area contributed by atoms with Gasteiger partial charge in [0.2, 0.25) is 10.0 Å². The summed E-state index contributed by atoms with van der Waals surface area (Å²) in [6.45, 7) is 2.17. The van der Waals surface area contributed by atoms with Crippen LogP contribution in [0.15, 0.2) is 24.5 Å². The highest BCUT2D eigenvalue weighted by Crippen LogP contribution is 2.39. The van der Waals surface area contributed by atoms with Gasteiger partial charge in [0.1, 0.15) is 0 Å². The number of pyridine rings is 1. The Labute approximate surface area is 143 Å². The Morgan fingerprint density at radius 3 is 3.04 bits per heavy atom. The number of rotatable bonds is 5. The normalized spacial score (nSPS) is 31.6. The van der Waals surface area contributed by atoms with Crippen LogP contribution in [0.1, 0.15) is 37.7 Å². The Hall–Kier alpha value is -1.02. The maximum atomic E-state index is 12.5. The molecule has 0 amide bonds. The van der Waals surface area contributed by atoms with Gasteiger partial charge in [-0.1, -0.05) is 6.07 Å². The van der Waals surface area contributed by atoms with E-state index in [2.05, 4.69) is 4.98 Å². The smallest absolute Gasteiger partial charge is 0.217 e. The molecule has 1 aromatic heterocycles. The minimum absolute atomic E-state index is 0.0220. The Kier molecular flexibility index (Phi) is 4.36. The van der Waals surface area contributed by atoms with Gasteiger partial charge in [-0.15, -0.1) is 0 Å². The molecule has 3 aliphatic rings. The van der Waals surface area contributed by atoms with Crippen LogP contribution in [0.25, 0.3) is 0 Å². The van der Waals surface area contributed by atoms with Crippen molar-refractivity contribution in [2.75, 3.05) is 19.7 Å². The fourth-order valence-corrected chi connectivity index (χ4v) is 5.69. The molecule has 3 heterocycles. The van der Waals surface area contributed by atoms with Gasteiger partial charge in [-0.25, -0.2) is 8.42 Å². The van der Waals surface area contributed by atoms with Crippen LogP contribution in [0, 0.1) is 0 Å². The Bertz CT molecular complexity index is 677. The van der Waals surface area contributed by atoms with E-state index < -0.39 is 10.0 Å². The van der Waals surface area contributed by atoms with Crippen molar-refractivity contribution in [3.63, 3.8) is 0 Å². The summed E-state index contributed by atoms with van der Waals surface area (Å²) in [6, 6.07) is 3.89. The number of sulfonamides is 1. The van der Waals surface area contributed by atoms with Crippen LogP contribution in [-0.2, 0) is 26.1 Å². The molecule has 132 valence electrons. The number of nitrogens with zero attached hydrogens (tertiary/aromatic N) is 2. The minimum Gasteiger partial charge on any atom is -0.371 e. The minimum atomic E-state index is -3.12. The van der Waals surface area contributed by atoms with Crippen molar-refractivity contribution in [1.29, 1.82) is 0 Å². The summed E-state index contributed by atoms with van der Waals surface area (Å²) in [7, 11) is -3.12. The lowest BCUT2D eigenvalue weighted by Crippen LogP contribution is -2.51. The molecule has 24 heavy (non-hydrogen) atoms. The average Bonchev–Trinajstić information content (AvgIpc) is 3.39. The summed E-state index contributed by atoms with van der Waals surface area (Å²) in [6.07, 6.45) is 7.73. The molecule has 0 unspecified atom stereocenters. The predicted octanol–water partition coefficient (Wildman–Crippen LogP) is 1.71. The van der Waals surface area contributed by atoms with Gasteiger partial charge in [-0.2, -0.15) is 4.31 Å². The number of piperidine rings is 1. The molecule has 4 rings (SSSR count). The van der Waals surface area contributed by atoms with E-state index in [-0.39, 0.29) is 17.0 Å². The van der Waals surface area contributed by atoms with Crippen LogP contribution in [0.2, 0.25) is 0 Å². The molecule has 0 N–H and O–H groups in total. The molecular formula is C17H24N2O4S. The van der Waals surface area contributed by atoms with Crippen LogP contribution >= 0.6 is 0 Å². The fraction of sp³-hybridized carbons (Fsp3) is 0.706. The maximum Gasteiger partial charge on any atom is 0.217 e. The lowest BCUT2D eigenvalue weighted by Gasteiger charge is -2.39.